The van der Waals surface area contributed by atoms with Crippen LogP contribution in [0.15, 0.2) is 28.8 Å². The molecule has 0 spiro atoms. The van der Waals surface area contributed by atoms with Crippen LogP contribution in [0, 0.1) is 6.92 Å². The highest BCUT2D eigenvalue weighted by Gasteiger charge is 2.44. The number of imidazole rings is 1. The summed E-state index contributed by atoms with van der Waals surface area (Å²) >= 11 is 0. The van der Waals surface area contributed by atoms with E-state index in [9.17, 15) is 0 Å². The molecule has 0 bridgehead atoms. The zero-order chi connectivity index (χ0) is 13.7. The zero-order valence-electron chi connectivity index (χ0n) is 11.6. The SMILES string of the molecule is Cc1nc2ccccc2n1Cc1noc(C2(C)CC2)n1. The lowest BCUT2D eigenvalue weighted by molar-refractivity contribution is 0.348. The second kappa shape index (κ2) is 3.91. The van der Waals surface area contributed by atoms with Crippen LogP contribution in [0.2, 0.25) is 0 Å². The maximum atomic E-state index is 5.40. The van der Waals surface area contributed by atoms with Gasteiger partial charge in [-0.1, -0.05) is 24.2 Å². The van der Waals surface area contributed by atoms with Crippen molar-refractivity contribution in [1.82, 2.24) is 19.7 Å². The molecule has 1 aliphatic carbocycles. The first-order valence-electron chi connectivity index (χ1n) is 6.91. The minimum Gasteiger partial charge on any atom is -0.339 e. The van der Waals surface area contributed by atoms with Gasteiger partial charge in [-0.2, -0.15) is 4.98 Å². The van der Waals surface area contributed by atoms with Crippen molar-refractivity contribution in [2.45, 2.75) is 38.6 Å². The maximum absolute atomic E-state index is 5.40. The Morgan fingerprint density at radius 2 is 2.05 bits per heavy atom. The molecule has 0 unspecified atom stereocenters. The van der Waals surface area contributed by atoms with E-state index in [1.165, 1.54) is 0 Å². The molecule has 4 rings (SSSR count). The Morgan fingerprint density at radius 3 is 2.85 bits per heavy atom. The van der Waals surface area contributed by atoms with E-state index in [4.69, 9.17) is 4.52 Å². The number of fused-ring (bicyclic) bond motifs is 1. The van der Waals surface area contributed by atoms with Crippen molar-refractivity contribution in [3.05, 3.63) is 41.8 Å². The number of hydrogen-bond acceptors (Lipinski definition) is 4. The van der Waals surface area contributed by atoms with Gasteiger partial charge in [0, 0.05) is 5.41 Å². The smallest absolute Gasteiger partial charge is 0.232 e. The molecule has 0 saturated heterocycles. The molecule has 0 aliphatic heterocycles. The number of hydrogen-bond donors (Lipinski definition) is 0. The van der Waals surface area contributed by atoms with Gasteiger partial charge in [-0.05, 0) is 31.9 Å². The Balaban J connectivity index is 1.70. The van der Waals surface area contributed by atoms with Crippen molar-refractivity contribution in [2.24, 2.45) is 0 Å². The van der Waals surface area contributed by atoms with Crippen molar-refractivity contribution in [1.29, 1.82) is 0 Å². The molecule has 1 aromatic carbocycles. The summed E-state index contributed by atoms with van der Waals surface area (Å²) in [6.45, 7) is 4.78. The van der Waals surface area contributed by atoms with Gasteiger partial charge in [-0.25, -0.2) is 4.98 Å². The molecule has 2 heterocycles. The standard InChI is InChI=1S/C15H16N4O/c1-10-16-11-5-3-4-6-12(11)19(10)9-13-17-14(20-18-13)15(2)7-8-15/h3-6H,7-9H2,1-2H3. The predicted molar refractivity (Wildman–Crippen MR) is 74.5 cm³/mol. The third kappa shape index (κ3) is 1.73. The Hall–Kier alpha value is -2.17. The second-order valence-corrected chi connectivity index (χ2v) is 5.81. The molecule has 0 atom stereocenters. The fourth-order valence-corrected chi connectivity index (χ4v) is 2.50. The van der Waals surface area contributed by atoms with Gasteiger partial charge in [-0.3, -0.25) is 0 Å². The number of aromatic nitrogens is 4. The molecule has 20 heavy (non-hydrogen) atoms. The summed E-state index contributed by atoms with van der Waals surface area (Å²) in [6.07, 6.45) is 2.28. The highest BCUT2D eigenvalue weighted by Crippen LogP contribution is 2.46. The van der Waals surface area contributed by atoms with Crippen LogP contribution in [-0.4, -0.2) is 19.7 Å². The van der Waals surface area contributed by atoms with Gasteiger partial charge < -0.3 is 9.09 Å². The lowest BCUT2D eigenvalue weighted by Crippen LogP contribution is -2.05. The van der Waals surface area contributed by atoms with Crippen LogP contribution in [0.3, 0.4) is 0 Å². The van der Waals surface area contributed by atoms with E-state index in [0.717, 1.165) is 41.4 Å². The summed E-state index contributed by atoms with van der Waals surface area (Å²) in [7, 11) is 0. The fourth-order valence-electron chi connectivity index (χ4n) is 2.50. The Bertz CT molecular complexity index is 782. The Kier molecular flexibility index (Phi) is 2.28. The van der Waals surface area contributed by atoms with Crippen LogP contribution in [-0.2, 0) is 12.0 Å². The predicted octanol–water partition coefficient (Wildman–Crippen LogP) is 2.83. The van der Waals surface area contributed by atoms with E-state index in [2.05, 4.69) is 32.7 Å². The summed E-state index contributed by atoms with van der Waals surface area (Å²) in [4.78, 5) is 9.09. The quantitative estimate of drug-likeness (QED) is 0.733. The van der Waals surface area contributed by atoms with Gasteiger partial charge in [-0.15, -0.1) is 0 Å². The van der Waals surface area contributed by atoms with Gasteiger partial charge in [0.1, 0.15) is 5.82 Å². The van der Waals surface area contributed by atoms with Crippen molar-refractivity contribution in [3.63, 3.8) is 0 Å². The van der Waals surface area contributed by atoms with Crippen LogP contribution in [0.4, 0.5) is 0 Å². The minimum absolute atomic E-state index is 0.122. The number of aryl methyl sites for hydroxylation is 1. The van der Waals surface area contributed by atoms with E-state index < -0.39 is 0 Å². The molecule has 1 saturated carbocycles. The Morgan fingerprint density at radius 1 is 1.25 bits per heavy atom. The average Bonchev–Trinajstić information content (AvgIpc) is 2.90. The van der Waals surface area contributed by atoms with Crippen molar-refractivity contribution >= 4 is 11.0 Å². The summed E-state index contributed by atoms with van der Waals surface area (Å²) in [5.41, 5.74) is 2.23. The average molecular weight is 268 g/mol. The first kappa shape index (κ1) is 11.6. The molecule has 5 nitrogen and oxygen atoms in total. The maximum Gasteiger partial charge on any atom is 0.232 e. The van der Waals surface area contributed by atoms with Crippen LogP contribution in [0.5, 0.6) is 0 Å². The fraction of sp³-hybridized carbons (Fsp3) is 0.400. The number of para-hydroxylation sites is 2. The molecule has 0 N–H and O–H groups in total. The summed E-state index contributed by atoms with van der Waals surface area (Å²) < 4.78 is 7.52. The largest absolute Gasteiger partial charge is 0.339 e. The van der Waals surface area contributed by atoms with E-state index in [0.29, 0.717) is 6.54 Å². The molecule has 1 aliphatic rings. The Labute approximate surface area is 116 Å². The molecule has 0 radical (unpaired) electrons. The lowest BCUT2D eigenvalue weighted by Gasteiger charge is -2.02. The molecule has 2 aromatic heterocycles. The summed E-state index contributed by atoms with van der Waals surface area (Å²) in [6, 6.07) is 8.11. The summed E-state index contributed by atoms with van der Waals surface area (Å²) in [5.74, 6) is 2.46. The van der Waals surface area contributed by atoms with Gasteiger partial charge in [0.2, 0.25) is 5.89 Å². The first-order chi connectivity index (χ1) is 9.66. The third-order valence-electron chi connectivity index (χ3n) is 4.13. The third-order valence-corrected chi connectivity index (χ3v) is 4.13. The molecular weight excluding hydrogens is 252 g/mol. The number of rotatable bonds is 3. The molecule has 5 heteroatoms. The van der Waals surface area contributed by atoms with Gasteiger partial charge in [0.05, 0.1) is 17.6 Å². The molecule has 3 aromatic rings. The molecule has 102 valence electrons. The van der Waals surface area contributed by atoms with Crippen LogP contribution in [0.1, 0.15) is 37.3 Å². The van der Waals surface area contributed by atoms with E-state index in [1.807, 2.05) is 25.1 Å². The van der Waals surface area contributed by atoms with Gasteiger partial charge in [0.25, 0.3) is 0 Å². The molecule has 0 amide bonds. The molecule has 1 fully saturated rings. The second-order valence-electron chi connectivity index (χ2n) is 5.81. The van der Waals surface area contributed by atoms with Crippen LogP contribution >= 0.6 is 0 Å². The highest BCUT2D eigenvalue weighted by atomic mass is 16.5. The van der Waals surface area contributed by atoms with Crippen molar-refractivity contribution < 1.29 is 4.52 Å². The minimum atomic E-state index is 0.122. The van der Waals surface area contributed by atoms with E-state index >= 15 is 0 Å². The van der Waals surface area contributed by atoms with E-state index in [-0.39, 0.29) is 5.41 Å². The zero-order valence-corrected chi connectivity index (χ0v) is 11.6. The first-order valence-corrected chi connectivity index (χ1v) is 6.91. The number of benzene rings is 1. The lowest BCUT2D eigenvalue weighted by atomic mass is 10.1. The van der Waals surface area contributed by atoms with Crippen molar-refractivity contribution in [2.75, 3.05) is 0 Å². The molecular formula is C15H16N4O. The van der Waals surface area contributed by atoms with Gasteiger partial charge >= 0.3 is 0 Å². The van der Waals surface area contributed by atoms with Gasteiger partial charge in [0.15, 0.2) is 5.82 Å². The topological polar surface area (TPSA) is 56.7 Å². The van der Waals surface area contributed by atoms with E-state index in [1.54, 1.807) is 0 Å². The normalized spacial score (nSPS) is 16.7. The van der Waals surface area contributed by atoms with Crippen LogP contribution in [0.25, 0.3) is 11.0 Å². The monoisotopic (exact) mass is 268 g/mol. The number of nitrogens with zero attached hydrogens (tertiary/aromatic N) is 4. The highest BCUT2D eigenvalue weighted by molar-refractivity contribution is 5.75. The summed E-state index contributed by atoms with van der Waals surface area (Å²) in [5, 5.41) is 4.11. The van der Waals surface area contributed by atoms with Crippen molar-refractivity contribution in [3.8, 4) is 0 Å². The van der Waals surface area contributed by atoms with Crippen LogP contribution < -0.4 is 0 Å².